The summed E-state index contributed by atoms with van der Waals surface area (Å²) in [6, 6.07) is 9.31. The molecule has 1 unspecified atom stereocenters. The SMILES string of the molecule is CCc1ccc(C(CNC(=O)NC2CC2)N2CCOCC2)cc1. The van der Waals surface area contributed by atoms with Crippen molar-refractivity contribution in [3.05, 3.63) is 35.4 Å². The van der Waals surface area contributed by atoms with Crippen LogP contribution >= 0.6 is 0 Å². The normalized spacial score (nSPS) is 20.0. The van der Waals surface area contributed by atoms with Crippen LogP contribution in [0.3, 0.4) is 0 Å². The third-order valence-electron chi connectivity index (χ3n) is 4.63. The van der Waals surface area contributed by atoms with Crippen molar-refractivity contribution in [2.45, 2.75) is 38.3 Å². The standard InChI is InChI=1S/C18H27N3O2/c1-2-14-3-5-15(6-4-14)17(21-9-11-23-12-10-21)13-19-18(22)20-16-7-8-16/h3-6,16-17H,2,7-13H2,1H3,(H2,19,20,22). The van der Waals surface area contributed by atoms with E-state index >= 15 is 0 Å². The number of carbonyl (C=O) groups is 1. The molecule has 1 aliphatic carbocycles. The highest BCUT2D eigenvalue weighted by Crippen LogP contribution is 2.22. The number of nitrogens with one attached hydrogen (secondary N) is 2. The van der Waals surface area contributed by atoms with Crippen LogP contribution in [0.2, 0.25) is 0 Å². The Morgan fingerprint density at radius 3 is 2.57 bits per heavy atom. The average Bonchev–Trinajstić information content (AvgIpc) is 3.40. The maximum Gasteiger partial charge on any atom is 0.315 e. The first-order valence-electron chi connectivity index (χ1n) is 8.71. The van der Waals surface area contributed by atoms with Crippen molar-refractivity contribution in [1.82, 2.24) is 15.5 Å². The largest absolute Gasteiger partial charge is 0.379 e. The van der Waals surface area contributed by atoms with Gasteiger partial charge in [0.25, 0.3) is 0 Å². The first-order chi connectivity index (χ1) is 11.3. The Hall–Kier alpha value is -1.59. The van der Waals surface area contributed by atoms with Crippen LogP contribution in [0.4, 0.5) is 4.79 Å². The van der Waals surface area contributed by atoms with Crippen molar-refractivity contribution in [3.8, 4) is 0 Å². The molecule has 0 spiro atoms. The van der Waals surface area contributed by atoms with Gasteiger partial charge < -0.3 is 15.4 Å². The van der Waals surface area contributed by atoms with Crippen LogP contribution in [0.5, 0.6) is 0 Å². The summed E-state index contributed by atoms with van der Waals surface area (Å²) in [5, 5.41) is 6.03. The van der Waals surface area contributed by atoms with E-state index in [9.17, 15) is 4.79 Å². The lowest BCUT2D eigenvalue weighted by Crippen LogP contribution is -2.46. The van der Waals surface area contributed by atoms with Gasteiger partial charge in [-0.15, -0.1) is 0 Å². The molecule has 2 aliphatic rings. The fourth-order valence-electron chi connectivity index (χ4n) is 2.98. The zero-order chi connectivity index (χ0) is 16.1. The number of carbonyl (C=O) groups excluding carboxylic acids is 1. The smallest absolute Gasteiger partial charge is 0.315 e. The molecule has 1 aliphatic heterocycles. The second kappa shape index (κ2) is 7.79. The van der Waals surface area contributed by atoms with E-state index in [0.717, 1.165) is 45.6 Å². The van der Waals surface area contributed by atoms with Gasteiger partial charge in [0.2, 0.25) is 0 Å². The summed E-state index contributed by atoms with van der Waals surface area (Å²) in [7, 11) is 0. The van der Waals surface area contributed by atoms with Gasteiger partial charge in [0.15, 0.2) is 0 Å². The zero-order valence-corrected chi connectivity index (χ0v) is 13.9. The molecule has 2 N–H and O–H groups in total. The Kier molecular flexibility index (Phi) is 5.51. The van der Waals surface area contributed by atoms with Crippen LogP contribution in [0.25, 0.3) is 0 Å². The maximum absolute atomic E-state index is 11.9. The quantitative estimate of drug-likeness (QED) is 0.845. The zero-order valence-electron chi connectivity index (χ0n) is 13.9. The highest BCUT2D eigenvalue weighted by molar-refractivity contribution is 5.74. The first kappa shape index (κ1) is 16.3. The Balaban J connectivity index is 1.65. The van der Waals surface area contributed by atoms with E-state index in [4.69, 9.17) is 4.74 Å². The number of morpholine rings is 1. The highest BCUT2D eigenvalue weighted by atomic mass is 16.5. The van der Waals surface area contributed by atoms with Gasteiger partial charge in [-0.3, -0.25) is 4.90 Å². The fourth-order valence-corrected chi connectivity index (χ4v) is 2.98. The van der Waals surface area contributed by atoms with Crippen LogP contribution in [-0.4, -0.2) is 49.8 Å². The van der Waals surface area contributed by atoms with Crippen molar-refractivity contribution < 1.29 is 9.53 Å². The van der Waals surface area contributed by atoms with Crippen LogP contribution in [-0.2, 0) is 11.2 Å². The van der Waals surface area contributed by atoms with Gasteiger partial charge in [0.1, 0.15) is 0 Å². The number of hydrogen-bond donors (Lipinski definition) is 2. The molecule has 23 heavy (non-hydrogen) atoms. The summed E-state index contributed by atoms with van der Waals surface area (Å²) >= 11 is 0. The first-order valence-corrected chi connectivity index (χ1v) is 8.71. The second-order valence-electron chi connectivity index (χ2n) is 6.39. The summed E-state index contributed by atoms with van der Waals surface area (Å²) in [5.74, 6) is 0. The maximum atomic E-state index is 11.9. The molecule has 1 heterocycles. The van der Waals surface area contributed by atoms with Crippen LogP contribution in [0, 0.1) is 0 Å². The molecule has 1 saturated heterocycles. The van der Waals surface area contributed by atoms with Gasteiger partial charge in [-0.25, -0.2) is 4.79 Å². The van der Waals surface area contributed by atoms with Crippen molar-refractivity contribution in [2.75, 3.05) is 32.8 Å². The van der Waals surface area contributed by atoms with Gasteiger partial charge in [-0.1, -0.05) is 31.2 Å². The fraction of sp³-hybridized carbons (Fsp3) is 0.611. The van der Waals surface area contributed by atoms with Crippen molar-refractivity contribution >= 4 is 6.03 Å². The van der Waals surface area contributed by atoms with Gasteiger partial charge in [-0.05, 0) is 30.4 Å². The number of rotatable bonds is 6. The van der Waals surface area contributed by atoms with E-state index in [0.29, 0.717) is 12.6 Å². The minimum atomic E-state index is -0.0454. The lowest BCUT2D eigenvalue weighted by Gasteiger charge is -2.35. The number of urea groups is 1. The average molecular weight is 317 g/mol. The molecule has 2 amide bonds. The van der Waals surface area contributed by atoms with E-state index in [1.807, 2.05) is 0 Å². The number of benzene rings is 1. The van der Waals surface area contributed by atoms with Gasteiger partial charge in [-0.2, -0.15) is 0 Å². The molecule has 0 aromatic heterocycles. The van der Waals surface area contributed by atoms with E-state index in [1.54, 1.807) is 0 Å². The van der Waals surface area contributed by atoms with E-state index in [1.165, 1.54) is 11.1 Å². The van der Waals surface area contributed by atoms with E-state index in [-0.39, 0.29) is 12.1 Å². The second-order valence-corrected chi connectivity index (χ2v) is 6.39. The molecule has 126 valence electrons. The predicted octanol–water partition coefficient (Wildman–Crippen LogP) is 2.08. The summed E-state index contributed by atoms with van der Waals surface area (Å²) in [4.78, 5) is 14.4. The monoisotopic (exact) mass is 317 g/mol. The lowest BCUT2D eigenvalue weighted by atomic mass is 10.0. The third-order valence-corrected chi connectivity index (χ3v) is 4.63. The molecule has 5 heteroatoms. The summed E-state index contributed by atoms with van der Waals surface area (Å²) in [5.41, 5.74) is 2.60. The lowest BCUT2D eigenvalue weighted by molar-refractivity contribution is 0.0167. The molecule has 1 aromatic rings. The molecule has 1 atom stereocenters. The van der Waals surface area contributed by atoms with Crippen LogP contribution in [0.1, 0.15) is 36.9 Å². The minimum Gasteiger partial charge on any atom is -0.379 e. The van der Waals surface area contributed by atoms with Crippen molar-refractivity contribution in [1.29, 1.82) is 0 Å². The predicted molar refractivity (Wildman–Crippen MR) is 90.5 cm³/mol. The Morgan fingerprint density at radius 1 is 1.26 bits per heavy atom. The van der Waals surface area contributed by atoms with Crippen LogP contribution < -0.4 is 10.6 Å². The molecule has 5 nitrogen and oxygen atoms in total. The Bertz CT molecular complexity index is 508. The number of amides is 2. The molecule has 2 fully saturated rings. The summed E-state index contributed by atoms with van der Waals surface area (Å²) in [6.07, 6.45) is 3.27. The Morgan fingerprint density at radius 2 is 1.96 bits per heavy atom. The highest BCUT2D eigenvalue weighted by Gasteiger charge is 2.26. The summed E-state index contributed by atoms with van der Waals surface area (Å²) in [6.45, 7) is 6.14. The number of ether oxygens (including phenoxy) is 1. The summed E-state index contributed by atoms with van der Waals surface area (Å²) < 4.78 is 5.47. The third kappa shape index (κ3) is 4.69. The van der Waals surface area contributed by atoms with Gasteiger partial charge in [0, 0.05) is 25.7 Å². The molecule has 0 radical (unpaired) electrons. The topological polar surface area (TPSA) is 53.6 Å². The Labute approximate surface area is 138 Å². The molecule has 3 rings (SSSR count). The molecular weight excluding hydrogens is 290 g/mol. The molecule has 1 saturated carbocycles. The molecule has 1 aromatic carbocycles. The molecular formula is C18H27N3O2. The number of hydrogen-bond acceptors (Lipinski definition) is 3. The van der Waals surface area contributed by atoms with Gasteiger partial charge >= 0.3 is 6.03 Å². The van der Waals surface area contributed by atoms with Crippen molar-refractivity contribution in [3.63, 3.8) is 0 Å². The molecule has 0 bridgehead atoms. The van der Waals surface area contributed by atoms with Crippen molar-refractivity contribution in [2.24, 2.45) is 0 Å². The minimum absolute atomic E-state index is 0.0454. The van der Waals surface area contributed by atoms with Gasteiger partial charge in [0.05, 0.1) is 19.3 Å². The van der Waals surface area contributed by atoms with E-state index in [2.05, 4.69) is 46.7 Å². The van der Waals surface area contributed by atoms with E-state index < -0.39 is 0 Å². The number of nitrogens with zero attached hydrogens (tertiary/aromatic N) is 1. The number of aryl methyl sites for hydroxylation is 1. The van der Waals surface area contributed by atoms with Crippen LogP contribution in [0.15, 0.2) is 24.3 Å².